The highest BCUT2D eigenvalue weighted by Crippen LogP contribution is 2.34. The second-order valence-corrected chi connectivity index (χ2v) is 4.14. The summed E-state index contributed by atoms with van der Waals surface area (Å²) in [6.07, 6.45) is 4.40. The van der Waals surface area contributed by atoms with Crippen molar-refractivity contribution in [3.05, 3.63) is 59.7 Å². The molecular weight excluding hydrogens is 232 g/mol. The average molecular weight is 244 g/mol. The second-order valence-electron chi connectivity index (χ2n) is 4.14. The van der Waals surface area contributed by atoms with E-state index in [1.165, 1.54) is 18.2 Å². The summed E-state index contributed by atoms with van der Waals surface area (Å²) in [5.41, 5.74) is -0.391. The maximum Gasteiger partial charge on any atom is 0.335 e. The first-order valence-corrected chi connectivity index (χ1v) is 5.48. The van der Waals surface area contributed by atoms with Gasteiger partial charge in [0.05, 0.1) is 5.57 Å². The van der Waals surface area contributed by atoms with Crippen LogP contribution in [0.15, 0.2) is 54.1 Å². The molecule has 1 aromatic rings. The monoisotopic (exact) mass is 244 g/mol. The zero-order chi connectivity index (χ0) is 13.2. The zero-order valence-electron chi connectivity index (χ0n) is 9.54. The van der Waals surface area contributed by atoms with Gasteiger partial charge in [0.15, 0.2) is 0 Å². The van der Waals surface area contributed by atoms with Gasteiger partial charge in [-0.1, -0.05) is 48.6 Å². The second kappa shape index (κ2) is 4.49. The van der Waals surface area contributed by atoms with Crippen LogP contribution in [0.2, 0.25) is 0 Å². The molecule has 0 radical (unpaired) electrons. The Morgan fingerprint density at radius 3 is 2.22 bits per heavy atom. The minimum atomic E-state index is -1.17. The van der Waals surface area contributed by atoms with Crippen molar-refractivity contribution < 1.29 is 19.8 Å². The first-order chi connectivity index (χ1) is 8.56. The van der Waals surface area contributed by atoms with Gasteiger partial charge in [-0.3, -0.25) is 4.79 Å². The number of hydrogen-bond acceptors (Lipinski definition) is 2. The van der Waals surface area contributed by atoms with Crippen LogP contribution in [-0.2, 0) is 15.0 Å². The molecule has 92 valence electrons. The van der Waals surface area contributed by atoms with Crippen LogP contribution in [0, 0.1) is 0 Å². The predicted molar refractivity (Wildman–Crippen MR) is 65.2 cm³/mol. The minimum Gasteiger partial charge on any atom is -0.480 e. The molecule has 1 atom stereocenters. The van der Waals surface area contributed by atoms with E-state index in [9.17, 15) is 14.7 Å². The normalized spacial score (nSPS) is 22.3. The number of carboxylic acid groups (broad SMARTS) is 2. The van der Waals surface area contributed by atoms with Crippen molar-refractivity contribution in [1.29, 1.82) is 0 Å². The maximum atomic E-state index is 11.5. The van der Waals surface area contributed by atoms with Crippen molar-refractivity contribution in [1.82, 2.24) is 0 Å². The van der Waals surface area contributed by atoms with E-state index in [2.05, 4.69) is 0 Å². The fourth-order valence-corrected chi connectivity index (χ4v) is 2.03. The summed E-state index contributed by atoms with van der Waals surface area (Å²) < 4.78 is 0. The molecule has 1 aliphatic rings. The summed E-state index contributed by atoms with van der Waals surface area (Å²) in [6, 6.07) is 8.81. The van der Waals surface area contributed by atoms with Crippen LogP contribution in [0.1, 0.15) is 12.0 Å². The summed E-state index contributed by atoms with van der Waals surface area (Å²) >= 11 is 0. The molecule has 0 aliphatic heterocycles. The molecule has 0 heterocycles. The Morgan fingerprint density at radius 1 is 1.11 bits per heavy atom. The molecule has 18 heavy (non-hydrogen) atoms. The van der Waals surface area contributed by atoms with Crippen LogP contribution in [0.4, 0.5) is 0 Å². The fraction of sp³-hybridized carbons (Fsp3) is 0.143. The number of allylic oxidation sites excluding steroid dienone is 1. The van der Waals surface area contributed by atoms with Crippen LogP contribution < -0.4 is 0 Å². The van der Waals surface area contributed by atoms with E-state index in [0.717, 1.165) is 0 Å². The van der Waals surface area contributed by atoms with E-state index in [4.69, 9.17) is 5.11 Å². The Balaban J connectivity index is 2.43. The van der Waals surface area contributed by atoms with Gasteiger partial charge >= 0.3 is 11.9 Å². The predicted octanol–water partition coefficient (Wildman–Crippen LogP) is 1.98. The summed E-state index contributed by atoms with van der Waals surface area (Å²) in [5, 5.41) is 18.3. The molecule has 0 aromatic heterocycles. The van der Waals surface area contributed by atoms with Crippen LogP contribution in [0.3, 0.4) is 0 Å². The van der Waals surface area contributed by atoms with Crippen molar-refractivity contribution >= 4 is 11.9 Å². The minimum absolute atomic E-state index is 0.128. The Kier molecular flexibility index (Phi) is 3.02. The van der Waals surface area contributed by atoms with Crippen molar-refractivity contribution in [2.45, 2.75) is 11.8 Å². The van der Waals surface area contributed by atoms with E-state index in [0.29, 0.717) is 5.56 Å². The quantitative estimate of drug-likeness (QED) is 0.852. The van der Waals surface area contributed by atoms with Crippen molar-refractivity contribution in [2.24, 2.45) is 0 Å². The topological polar surface area (TPSA) is 74.6 Å². The molecule has 0 saturated heterocycles. The Bertz CT molecular complexity index is 542. The molecule has 2 N–H and O–H groups in total. The number of aliphatic carboxylic acids is 2. The molecule has 0 amide bonds. The van der Waals surface area contributed by atoms with E-state index < -0.39 is 17.4 Å². The standard InChI is InChI=1S/C14H12O4/c15-12(16)10-6-8-14(9-7-10,13(17)18)11-4-2-1-3-5-11/h1-8H,9H2,(H,15,16)(H,17,18). The molecule has 1 unspecified atom stereocenters. The highest BCUT2D eigenvalue weighted by molar-refractivity contribution is 5.92. The van der Waals surface area contributed by atoms with Crippen LogP contribution in [0.25, 0.3) is 0 Å². The third-order valence-electron chi connectivity index (χ3n) is 3.11. The molecule has 0 bridgehead atoms. The van der Waals surface area contributed by atoms with E-state index in [-0.39, 0.29) is 12.0 Å². The Labute approximate surface area is 104 Å². The molecule has 4 heteroatoms. The van der Waals surface area contributed by atoms with Gasteiger partial charge in [-0.25, -0.2) is 4.79 Å². The maximum absolute atomic E-state index is 11.5. The Morgan fingerprint density at radius 2 is 1.78 bits per heavy atom. The first kappa shape index (κ1) is 12.1. The molecule has 4 nitrogen and oxygen atoms in total. The van der Waals surface area contributed by atoms with E-state index in [1.807, 2.05) is 6.07 Å². The molecule has 1 aromatic carbocycles. The van der Waals surface area contributed by atoms with Crippen LogP contribution in [-0.4, -0.2) is 22.2 Å². The van der Waals surface area contributed by atoms with Crippen LogP contribution in [0.5, 0.6) is 0 Å². The first-order valence-electron chi connectivity index (χ1n) is 5.48. The molecule has 1 aliphatic carbocycles. The third kappa shape index (κ3) is 1.93. The van der Waals surface area contributed by atoms with Gasteiger partial charge in [0.1, 0.15) is 5.41 Å². The molecule has 2 rings (SSSR count). The van der Waals surface area contributed by atoms with Crippen molar-refractivity contribution in [3.8, 4) is 0 Å². The Hall–Kier alpha value is -2.36. The van der Waals surface area contributed by atoms with E-state index in [1.54, 1.807) is 24.3 Å². The zero-order valence-corrected chi connectivity index (χ0v) is 9.54. The number of carboxylic acids is 2. The van der Waals surface area contributed by atoms with Crippen LogP contribution >= 0.6 is 0 Å². The van der Waals surface area contributed by atoms with Gasteiger partial charge in [0.2, 0.25) is 0 Å². The van der Waals surface area contributed by atoms with E-state index >= 15 is 0 Å². The fourth-order valence-electron chi connectivity index (χ4n) is 2.03. The number of benzene rings is 1. The summed E-state index contributed by atoms with van der Waals surface area (Å²) in [6.45, 7) is 0. The van der Waals surface area contributed by atoms with Gasteiger partial charge in [0.25, 0.3) is 0 Å². The highest BCUT2D eigenvalue weighted by atomic mass is 16.4. The summed E-state index contributed by atoms with van der Waals surface area (Å²) in [4.78, 5) is 22.3. The van der Waals surface area contributed by atoms with Gasteiger partial charge in [-0.15, -0.1) is 0 Å². The number of hydrogen-bond donors (Lipinski definition) is 2. The average Bonchev–Trinajstić information content (AvgIpc) is 2.39. The lowest BCUT2D eigenvalue weighted by atomic mass is 9.74. The lowest BCUT2D eigenvalue weighted by Crippen LogP contribution is -2.34. The number of rotatable bonds is 3. The van der Waals surface area contributed by atoms with Crippen molar-refractivity contribution in [2.75, 3.05) is 0 Å². The SMILES string of the molecule is O=C(O)C1=CCC(C(=O)O)(c2ccccc2)C=C1. The largest absolute Gasteiger partial charge is 0.480 e. The van der Waals surface area contributed by atoms with Crippen molar-refractivity contribution in [3.63, 3.8) is 0 Å². The van der Waals surface area contributed by atoms with Gasteiger partial charge < -0.3 is 10.2 Å². The molecule has 0 saturated carbocycles. The summed E-state index contributed by atoms with van der Waals surface area (Å²) in [7, 11) is 0. The highest BCUT2D eigenvalue weighted by Gasteiger charge is 2.38. The number of carbonyl (C=O) groups is 2. The third-order valence-corrected chi connectivity index (χ3v) is 3.11. The molecule has 0 spiro atoms. The van der Waals surface area contributed by atoms with Gasteiger partial charge in [-0.2, -0.15) is 0 Å². The molecule has 0 fully saturated rings. The smallest absolute Gasteiger partial charge is 0.335 e. The summed E-state index contributed by atoms with van der Waals surface area (Å²) in [5.74, 6) is -2.02. The molecular formula is C14H12O4. The van der Waals surface area contributed by atoms with Gasteiger partial charge in [0, 0.05) is 0 Å². The lowest BCUT2D eigenvalue weighted by Gasteiger charge is -2.27. The van der Waals surface area contributed by atoms with Gasteiger partial charge in [-0.05, 0) is 12.0 Å². The lowest BCUT2D eigenvalue weighted by molar-refractivity contribution is -0.142.